The van der Waals surface area contributed by atoms with E-state index in [1.54, 1.807) is 12.4 Å². The van der Waals surface area contributed by atoms with Gasteiger partial charge < -0.3 is 11.1 Å². The van der Waals surface area contributed by atoms with Crippen molar-refractivity contribution in [1.29, 1.82) is 0 Å². The fourth-order valence-corrected chi connectivity index (χ4v) is 1.90. The molecule has 1 aromatic carbocycles. The predicted octanol–water partition coefficient (Wildman–Crippen LogP) is 2.55. The number of benzene rings is 1. The highest BCUT2D eigenvalue weighted by Crippen LogP contribution is 2.26. The number of carbonyl (C=O) groups excluding carboxylic acids is 1. The Bertz CT molecular complexity index is 585. The van der Waals surface area contributed by atoms with Gasteiger partial charge in [-0.1, -0.05) is 19.1 Å². The van der Waals surface area contributed by atoms with Gasteiger partial charge in [-0.2, -0.15) is 0 Å². The maximum absolute atomic E-state index is 12.3. The Hall–Kier alpha value is -1.94. The Labute approximate surface area is 113 Å². The fourth-order valence-electron chi connectivity index (χ4n) is 1.90. The zero-order valence-corrected chi connectivity index (χ0v) is 11.3. The van der Waals surface area contributed by atoms with Crippen LogP contribution in [0.15, 0.2) is 36.7 Å². The van der Waals surface area contributed by atoms with Crippen LogP contribution < -0.4 is 11.1 Å². The molecule has 0 radical (unpaired) electrons. The largest absolute Gasteiger partial charge is 0.329 e. The molecule has 4 heteroatoms. The number of hydrogen-bond donors (Lipinski definition) is 2. The Kier molecular flexibility index (Phi) is 3.81. The van der Waals surface area contributed by atoms with Crippen LogP contribution in [0.25, 0.3) is 10.8 Å². The van der Waals surface area contributed by atoms with Gasteiger partial charge in [0.05, 0.1) is 5.41 Å². The molecule has 19 heavy (non-hydrogen) atoms. The van der Waals surface area contributed by atoms with Crippen molar-refractivity contribution < 1.29 is 4.79 Å². The minimum atomic E-state index is -0.533. The molecule has 1 atom stereocenters. The Morgan fingerprint density at radius 3 is 2.89 bits per heavy atom. The summed E-state index contributed by atoms with van der Waals surface area (Å²) in [7, 11) is 0. The van der Waals surface area contributed by atoms with Crippen LogP contribution in [-0.2, 0) is 4.79 Å². The molecule has 1 aromatic heterocycles. The number of rotatable bonds is 4. The van der Waals surface area contributed by atoms with Gasteiger partial charge in [-0.05, 0) is 25.5 Å². The zero-order valence-electron chi connectivity index (χ0n) is 11.3. The van der Waals surface area contributed by atoms with Crippen molar-refractivity contribution in [3.63, 3.8) is 0 Å². The molecule has 0 fully saturated rings. The number of anilines is 1. The molecule has 2 aromatic rings. The third-order valence-corrected chi connectivity index (χ3v) is 3.71. The SMILES string of the molecule is CCC(C)(CN)C(=O)Nc1cccc2cnccc12. The molecule has 0 aliphatic heterocycles. The summed E-state index contributed by atoms with van der Waals surface area (Å²) in [4.78, 5) is 16.4. The normalized spacial score (nSPS) is 14.1. The minimum absolute atomic E-state index is 0.0400. The fraction of sp³-hybridized carbons (Fsp3) is 0.333. The van der Waals surface area contributed by atoms with E-state index in [9.17, 15) is 4.79 Å². The molecule has 1 heterocycles. The number of nitrogens with zero attached hydrogens (tertiary/aromatic N) is 1. The molecule has 0 bridgehead atoms. The van der Waals surface area contributed by atoms with Crippen molar-refractivity contribution in [2.75, 3.05) is 11.9 Å². The molecule has 0 aliphatic rings. The summed E-state index contributed by atoms with van der Waals surface area (Å²) in [5.41, 5.74) is 5.99. The lowest BCUT2D eigenvalue weighted by Gasteiger charge is -2.25. The number of nitrogens with two attached hydrogens (primary N) is 1. The second-order valence-electron chi connectivity index (χ2n) is 4.97. The minimum Gasteiger partial charge on any atom is -0.329 e. The first-order chi connectivity index (χ1) is 9.10. The summed E-state index contributed by atoms with van der Waals surface area (Å²) in [6.07, 6.45) is 4.22. The Morgan fingerprint density at radius 2 is 2.21 bits per heavy atom. The third-order valence-electron chi connectivity index (χ3n) is 3.71. The van der Waals surface area contributed by atoms with Gasteiger partial charge in [0.2, 0.25) is 5.91 Å². The summed E-state index contributed by atoms with van der Waals surface area (Å²) in [6.45, 7) is 4.19. The van der Waals surface area contributed by atoms with Crippen molar-refractivity contribution in [3.8, 4) is 0 Å². The summed E-state index contributed by atoms with van der Waals surface area (Å²) < 4.78 is 0. The van der Waals surface area contributed by atoms with Gasteiger partial charge in [0.1, 0.15) is 0 Å². The number of hydrogen-bond acceptors (Lipinski definition) is 3. The van der Waals surface area contributed by atoms with Gasteiger partial charge in [0.25, 0.3) is 0 Å². The highest BCUT2D eigenvalue weighted by molar-refractivity contribution is 6.03. The van der Waals surface area contributed by atoms with E-state index in [4.69, 9.17) is 5.73 Å². The standard InChI is InChI=1S/C15H19N3O/c1-3-15(2,10-16)14(19)18-13-6-4-5-11-9-17-8-7-12(11)13/h4-9H,3,10,16H2,1-2H3,(H,18,19). The van der Waals surface area contributed by atoms with Gasteiger partial charge in [0, 0.05) is 35.4 Å². The number of carbonyl (C=O) groups is 1. The van der Waals surface area contributed by atoms with E-state index in [-0.39, 0.29) is 5.91 Å². The molecular weight excluding hydrogens is 238 g/mol. The van der Waals surface area contributed by atoms with Crippen LogP contribution in [0, 0.1) is 5.41 Å². The van der Waals surface area contributed by atoms with E-state index < -0.39 is 5.41 Å². The first kappa shape index (κ1) is 13.5. The third kappa shape index (κ3) is 2.58. The maximum atomic E-state index is 12.3. The lowest BCUT2D eigenvalue weighted by Crippen LogP contribution is -2.39. The predicted molar refractivity (Wildman–Crippen MR) is 77.8 cm³/mol. The smallest absolute Gasteiger partial charge is 0.231 e. The van der Waals surface area contributed by atoms with Crippen molar-refractivity contribution in [2.24, 2.45) is 11.1 Å². The van der Waals surface area contributed by atoms with Gasteiger partial charge in [-0.15, -0.1) is 0 Å². The molecular formula is C15H19N3O. The molecule has 2 rings (SSSR count). The lowest BCUT2D eigenvalue weighted by molar-refractivity contribution is -0.124. The Morgan fingerprint density at radius 1 is 1.42 bits per heavy atom. The summed E-state index contributed by atoms with van der Waals surface area (Å²) in [5.74, 6) is -0.0400. The van der Waals surface area contributed by atoms with E-state index in [2.05, 4.69) is 10.3 Å². The molecule has 0 spiro atoms. The molecule has 4 nitrogen and oxygen atoms in total. The van der Waals surface area contributed by atoms with Gasteiger partial charge in [0.15, 0.2) is 0 Å². The second-order valence-corrected chi connectivity index (χ2v) is 4.97. The number of nitrogens with one attached hydrogen (secondary N) is 1. The van der Waals surface area contributed by atoms with Crippen molar-refractivity contribution in [1.82, 2.24) is 4.98 Å². The van der Waals surface area contributed by atoms with Crippen LogP contribution in [0.4, 0.5) is 5.69 Å². The van der Waals surface area contributed by atoms with Gasteiger partial charge in [-0.3, -0.25) is 9.78 Å². The molecule has 1 amide bonds. The highest BCUT2D eigenvalue weighted by atomic mass is 16.2. The van der Waals surface area contributed by atoms with E-state index in [0.717, 1.165) is 16.5 Å². The zero-order chi connectivity index (χ0) is 13.9. The van der Waals surface area contributed by atoms with Crippen molar-refractivity contribution in [3.05, 3.63) is 36.7 Å². The number of pyridine rings is 1. The maximum Gasteiger partial charge on any atom is 0.231 e. The van der Waals surface area contributed by atoms with Crippen molar-refractivity contribution in [2.45, 2.75) is 20.3 Å². The van der Waals surface area contributed by atoms with Gasteiger partial charge >= 0.3 is 0 Å². The van der Waals surface area contributed by atoms with Crippen LogP contribution >= 0.6 is 0 Å². The van der Waals surface area contributed by atoms with E-state index in [0.29, 0.717) is 13.0 Å². The quantitative estimate of drug-likeness (QED) is 0.884. The van der Waals surface area contributed by atoms with E-state index in [1.165, 1.54) is 0 Å². The summed E-state index contributed by atoms with van der Waals surface area (Å²) >= 11 is 0. The molecule has 1 unspecified atom stereocenters. The monoisotopic (exact) mass is 257 g/mol. The summed E-state index contributed by atoms with van der Waals surface area (Å²) in [5, 5.41) is 4.97. The van der Waals surface area contributed by atoms with Crippen LogP contribution in [-0.4, -0.2) is 17.4 Å². The molecule has 0 saturated carbocycles. The highest BCUT2D eigenvalue weighted by Gasteiger charge is 2.29. The van der Waals surface area contributed by atoms with E-state index >= 15 is 0 Å². The number of fused-ring (bicyclic) bond motifs is 1. The van der Waals surface area contributed by atoms with Crippen LogP contribution in [0.1, 0.15) is 20.3 Å². The van der Waals surface area contributed by atoms with Crippen LogP contribution in [0.2, 0.25) is 0 Å². The van der Waals surface area contributed by atoms with E-state index in [1.807, 2.05) is 38.1 Å². The average Bonchev–Trinajstić information content (AvgIpc) is 2.46. The molecule has 0 aliphatic carbocycles. The van der Waals surface area contributed by atoms with Crippen LogP contribution in [0.3, 0.4) is 0 Å². The first-order valence-corrected chi connectivity index (χ1v) is 6.45. The second kappa shape index (κ2) is 5.36. The molecule has 3 N–H and O–H groups in total. The number of amides is 1. The van der Waals surface area contributed by atoms with Gasteiger partial charge in [-0.25, -0.2) is 0 Å². The summed E-state index contributed by atoms with van der Waals surface area (Å²) in [6, 6.07) is 7.68. The lowest BCUT2D eigenvalue weighted by atomic mass is 9.86. The van der Waals surface area contributed by atoms with Crippen molar-refractivity contribution >= 4 is 22.4 Å². The average molecular weight is 257 g/mol. The molecule has 0 saturated heterocycles. The first-order valence-electron chi connectivity index (χ1n) is 6.45. The number of aromatic nitrogens is 1. The van der Waals surface area contributed by atoms with Crippen LogP contribution in [0.5, 0.6) is 0 Å². The molecule has 100 valence electrons. The Balaban J connectivity index is 2.34. The topological polar surface area (TPSA) is 68.0 Å².